The Bertz CT molecular complexity index is 776. The fourth-order valence-corrected chi connectivity index (χ4v) is 3.56. The molecule has 25 heavy (non-hydrogen) atoms. The maximum atomic E-state index is 12.6. The summed E-state index contributed by atoms with van der Waals surface area (Å²) in [4.78, 5) is 14.5. The van der Waals surface area contributed by atoms with Crippen molar-refractivity contribution in [3.8, 4) is 5.75 Å². The summed E-state index contributed by atoms with van der Waals surface area (Å²) < 4.78 is 5.57. The van der Waals surface area contributed by atoms with Gasteiger partial charge in [0.1, 0.15) is 5.75 Å². The van der Waals surface area contributed by atoms with Gasteiger partial charge in [0.25, 0.3) is 0 Å². The lowest BCUT2D eigenvalue weighted by molar-refractivity contribution is -0.132. The number of nitrogens with zero attached hydrogens (tertiary/aromatic N) is 1. The molecule has 0 saturated carbocycles. The first-order valence-corrected chi connectivity index (χ1v) is 9.29. The number of rotatable bonds is 5. The van der Waals surface area contributed by atoms with Crippen LogP contribution in [0.15, 0.2) is 36.4 Å². The van der Waals surface area contributed by atoms with E-state index in [1.54, 1.807) is 6.07 Å². The highest BCUT2D eigenvalue weighted by Crippen LogP contribution is 2.27. The Morgan fingerprint density at radius 2 is 2.04 bits per heavy atom. The molecule has 2 aromatic carbocycles. The van der Waals surface area contributed by atoms with Crippen LogP contribution in [0.1, 0.15) is 30.0 Å². The Kier molecular flexibility index (Phi) is 5.87. The van der Waals surface area contributed by atoms with E-state index in [4.69, 9.17) is 27.9 Å². The number of benzene rings is 2. The first-order valence-electron chi connectivity index (χ1n) is 8.53. The van der Waals surface area contributed by atoms with E-state index in [0.717, 1.165) is 24.3 Å². The van der Waals surface area contributed by atoms with Crippen LogP contribution in [-0.2, 0) is 24.2 Å². The SMILES string of the molecule is CCOc1ccc2c(c1)CN(C(=O)CCc1cccc(Cl)c1Cl)CC2. The molecule has 1 aliphatic heterocycles. The number of hydrogen-bond acceptors (Lipinski definition) is 2. The van der Waals surface area contributed by atoms with E-state index in [2.05, 4.69) is 6.07 Å². The Morgan fingerprint density at radius 1 is 1.20 bits per heavy atom. The minimum Gasteiger partial charge on any atom is -0.494 e. The number of hydrogen-bond donors (Lipinski definition) is 0. The fraction of sp³-hybridized carbons (Fsp3) is 0.350. The van der Waals surface area contributed by atoms with E-state index >= 15 is 0 Å². The summed E-state index contributed by atoms with van der Waals surface area (Å²) in [6.07, 6.45) is 1.91. The maximum absolute atomic E-state index is 12.6. The standard InChI is InChI=1S/C20H21Cl2NO2/c1-2-25-17-8-6-14-10-11-23(13-16(14)12-17)19(24)9-7-15-4-3-5-18(21)20(15)22/h3-6,8,12H,2,7,9-11,13H2,1H3. The van der Waals surface area contributed by atoms with Gasteiger partial charge in [-0.2, -0.15) is 0 Å². The molecule has 1 amide bonds. The summed E-state index contributed by atoms with van der Waals surface area (Å²) >= 11 is 12.2. The highest BCUT2D eigenvalue weighted by Gasteiger charge is 2.21. The zero-order valence-corrected chi connectivity index (χ0v) is 15.7. The van der Waals surface area contributed by atoms with Crippen molar-refractivity contribution in [2.24, 2.45) is 0 Å². The third kappa shape index (κ3) is 4.28. The van der Waals surface area contributed by atoms with Gasteiger partial charge in [-0.05, 0) is 54.7 Å². The first kappa shape index (κ1) is 18.1. The molecule has 0 fully saturated rings. The minimum absolute atomic E-state index is 0.142. The lowest BCUT2D eigenvalue weighted by Gasteiger charge is -2.29. The van der Waals surface area contributed by atoms with Crippen LogP contribution < -0.4 is 4.74 Å². The third-order valence-electron chi connectivity index (χ3n) is 4.49. The van der Waals surface area contributed by atoms with Crippen molar-refractivity contribution >= 4 is 29.1 Å². The van der Waals surface area contributed by atoms with Gasteiger partial charge in [-0.15, -0.1) is 0 Å². The van der Waals surface area contributed by atoms with Crippen LogP contribution in [-0.4, -0.2) is 24.0 Å². The Morgan fingerprint density at radius 3 is 2.84 bits per heavy atom. The largest absolute Gasteiger partial charge is 0.494 e. The Labute approximate surface area is 158 Å². The van der Waals surface area contributed by atoms with E-state index in [9.17, 15) is 4.79 Å². The van der Waals surface area contributed by atoms with E-state index in [1.807, 2.05) is 36.1 Å². The van der Waals surface area contributed by atoms with Crippen LogP contribution in [0.2, 0.25) is 10.0 Å². The predicted molar refractivity (Wildman–Crippen MR) is 102 cm³/mol. The molecule has 132 valence electrons. The second-order valence-electron chi connectivity index (χ2n) is 6.14. The summed E-state index contributed by atoms with van der Waals surface area (Å²) in [6.45, 7) is 4.00. The zero-order valence-electron chi connectivity index (χ0n) is 14.2. The zero-order chi connectivity index (χ0) is 17.8. The van der Waals surface area contributed by atoms with Crippen molar-refractivity contribution in [1.29, 1.82) is 0 Å². The number of ether oxygens (including phenoxy) is 1. The van der Waals surface area contributed by atoms with Gasteiger partial charge in [0, 0.05) is 19.5 Å². The van der Waals surface area contributed by atoms with Gasteiger partial charge in [0.2, 0.25) is 5.91 Å². The smallest absolute Gasteiger partial charge is 0.223 e. The van der Waals surface area contributed by atoms with E-state index in [0.29, 0.717) is 36.0 Å². The van der Waals surface area contributed by atoms with Crippen LogP contribution in [0.3, 0.4) is 0 Å². The van der Waals surface area contributed by atoms with Crippen LogP contribution in [0.4, 0.5) is 0 Å². The van der Waals surface area contributed by atoms with E-state index in [-0.39, 0.29) is 5.91 Å². The molecule has 3 rings (SSSR count). The van der Waals surface area contributed by atoms with Crippen molar-refractivity contribution in [3.63, 3.8) is 0 Å². The van der Waals surface area contributed by atoms with Crippen molar-refractivity contribution in [3.05, 3.63) is 63.1 Å². The lowest BCUT2D eigenvalue weighted by atomic mass is 9.99. The minimum atomic E-state index is 0.142. The topological polar surface area (TPSA) is 29.5 Å². The van der Waals surface area contributed by atoms with Crippen molar-refractivity contribution in [2.75, 3.05) is 13.2 Å². The highest BCUT2D eigenvalue weighted by molar-refractivity contribution is 6.42. The maximum Gasteiger partial charge on any atom is 0.223 e. The molecule has 0 aliphatic carbocycles. The molecular weight excluding hydrogens is 357 g/mol. The average Bonchev–Trinajstić information content (AvgIpc) is 2.62. The first-order chi connectivity index (χ1) is 12.1. The highest BCUT2D eigenvalue weighted by atomic mass is 35.5. The third-order valence-corrected chi connectivity index (χ3v) is 5.35. The van der Waals surface area contributed by atoms with Gasteiger partial charge in [0.05, 0.1) is 16.7 Å². The fourth-order valence-electron chi connectivity index (χ4n) is 3.14. The van der Waals surface area contributed by atoms with Gasteiger partial charge >= 0.3 is 0 Å². The summed E-state index contributed by atoms with van der Waals surface area (Å²) in [5, 5.41) is 1.07. The molecule has 0 spiro atoms. The van der Waals surface area contributed by atoms with Gasteiger partial charge in [-0.1, -0.05) is 41.4 Å². The normalized spacial score (nSPS) is 13.5. The van der Waals surface area contributed by atoms with E-state index < -0.39 is 0 Å². The molecular formula is C20H21Cl2NO2. The molecule has 0 bridgehead atoms. The van der Waals surface area contributed by atoms with Crippen molar-refractivity contribution < 1.29 is 9.53 Å². The summed E-state index contributed by atoms with van der Waals surface area (Å²) in [6, 6.07) is 11.7. The molecule has 0 atom stereocenters. The number of fused-ring (bicyclic) bond motifs is 1. The second-order valence-corrected chi connectivity index (χ2v) is 6.93. The molecule has 0 aromatic heterocycles. The molecule has 5 heteroatoms. The average molecular weight is 378 g/mol. The molecule has 0 saturated heterocycles. The van der Waals surface area contributed by atoms with Crippen LogP contribution in [0.5, 0.6) is 5.75 Å². The number of carbonyl (C=O) groups excluding carboxylic acids is 1. The van der Waals surface area contributed by atoms with Gasteiger partial charge < -0.3 is 9.64 Å². The molecule has 2 aromatic rings. The molecule has 3 nitrogen and oxygen atoms in total. The molecule has 1 heterocycles. The number of halogens is 2. The number of aryl methyl sites for hydroxylation is 1. The van der Waals surface area contributed by atoms with Gasteiger partial charge in [0.15, 0.2) is 0 Å². The Hall–Kier alpha value is -1.71. The quantitative estimate of drug-likeness (QED) is 0.740. The van der Waals surface area contributed by atoms with Crippen LogP contribution in [0.25, 0.3) is 0 Å². The second kappa shape index (κ2) is 8.11. The summed E-state index contributed by atoms with van der Waals surface area (Å²) in [5.41, 5.74) is 3.38. The molecule has 1 aliphatic rings. The molecule has 0 unspecified atom stereocenters. The van der Waals surface area contributed by atoms with Crippen molar-refractivity contribution in [1.82, 2.24) is 4.90 Å². The van der Waals surface area contributed by atoms with E-state index in [1.165, 1.54) is 11.1 Å². The number of amides is 1. The summed E-state index contributed by atoms with van der Waals surface area (Å²) in [7, 11) is 0. The van der Waals surface area contributed by atoms with Crippen LogP contribution >= 0.6 is 23.2 Å². The number of carbonyl (C=O) groups is 1. The lowest BCUT2D eigenvalue weighted by Crippen LogP contribution is -2.36. The molecule has 0 radical (unpaired) electrons. The molecule has 0 N–H and O–H groups in total. The van der Waals surface area contributed by atoms with Crippen LogP contribution in [0, 0.1) is 0 Å². The predicted octanol–water partition coefficient (Wildman–Crippen LogP) is 4.91. The Balaban J connectivity index is 1.64. The van der Waals surface area contributed by atoms with Gasteiger partial charge in [-0.3, -0.25) is 4.79 Å². The summed E-state index contributed by atoms with van der Waals surface area (Å²) in [5.74, 6) is 1.00. The van der Waals surface area contributed by atoms with Gasteiger partial charge in [-0.25, -0.2) is 0 Å². The monoisotopic (exact) mass is 377 g/mol. The van der Waals surface area contributed by atoms with Crippen molar-refractivity contribution in [2.45, 2.75) is 32.7 Å².